The molecule has 1 fully saturated rings. The Kier molecular flexibility index (Phi) is 4.64. The summed E-state index contributed by atoms with van der Waals surface area (Å²) in [5, 5.41) is 11.4. The molecule has 3 heterocycles. The number of rotatable bonds is 4. The number of anilines is 1. The van der Waals surface area contributed by atoms with Crippen molar-refractivity contribution in [1.29, 1.82) is 0 Å². The molecule has 0 atom stereocenters. The maximum atomic E-state index is 12.5. The number of carbonyl (C=O) groups excluding carboxylic acids is 1. The maximum Gasteiger partial charge on any atom is 0.376 e. The first-order chi connectivity index (χ1) is 12.0. The van der Waals surface area contributed by atoms with Crippen LogP contribution in [0.5, 0.6) is 0 Å². The zero-order valence-corrected chi connectivity index (χ0v) is 13.8. The number of ether oxygens (including phenoxy) is 1. The van der Waals surface area contributed by atoms with Gasteiger partial charge < -0.3 is 9.64 Å². The monoisotopic (exact) mass is 346 g/mol. The third-order valence-electron chi connectivity index (χ3n) is 4.29. The lowest BCUT2D eigenvalue weighted by atomic mass is 9.97. The molecule has 9 heteroatoms. The minimum atomic E-state index is -0.710. The fourth-order valence-corrected chi connectivity index (χ4v) is 3.04. The highest BCUT2D eigenvalue weighted by atomic mass is 16.6. The molecule has 0 amide bonds. The van der Waals surface area contributed by atoms with Crippen LogP contribution in [0.1, 0.15) is 19.8 Å². The van der Waals surface area contributed by atoms with E-state index >= 15 is 0 Å². The van der Waals surface area contributed by atoms with E-state index in [-0.39, 0.29) is 17.7 Å². The van der Waals surface area contributed by atoms with Gasteiger partial charge in [-0.15, -0.1) is 0 Å². The normalized spacial score (nSPS) is 15.3. The number of fused-ring (bicyclic) bond motifs is 1. The standard InChI is InChI=1S/C16H18N4O5/c1-2-25-16(22)11-6-9-18(10-7-11)14-13(20(23)24)15(21)19-8-4-3-5-12(19)17-14/h3-5,8,11H,2,6-7,9-10H2,1H3. The van der Waals surface area contributed by atoms with Crippen molar-refractivity contribution >= 4 is 23.1 Å². The quantitative estimate of drug-likeness (QED) is 0.467. The lowest BCUT2D eigenvalue weighted by Gasteiger charge is -2.31. The lowest BCUT2D eigenvalue weighted by Crippen LogP contribution is -2.38. The molecule has 2 aromatic heterocycles. The van der Waals surface area contributed by atoms with Gasteiger partial charge in [-0.25, -0.2) is 4.98 Å². The van der Waals surface area contributed by atoms with Crippen LogP contribution in [0.4, 0.5) is 11.5 Å². The molecule has 0 aliphatic carbocycles. The van der Waals surface area contributed by atoms with E-state index in [9.17, 15) is 19.7 Å². The third-order valence-corrected chi connectivity index (χ3v) is 4.29. The van der Waals surface area contributed by atoms with Crippen LogP contribution in [-0.2, 0) is 9.53 Å². The highest BCUT2D eigenvalue weighted by Gasteiger charge is 2.32. The number of nitrogens with zero attached hydrogens (tertiary/aromatic N) is 4. The molecular formula is C16H18N4O5. The second-order valence-electron chi connectivity index (χ2n) is 5.79. The van der Waals surface area contributed by atoms with Gasteiger partial charge in [-0.05, 0) is 31.9 Å². The Bertz CT molecular complexity index is 870. The van der Waals surface area contributed by atoms with E-state index < -0.39 is 16.2 Å². The van der Waals surface area contributed by atoms with E-state index in [1.54, 1.807) is 30.0 Å². The van der Waals surface area contributed by atoms with E-state index in [2.05, 4.69) is 4.98 Å². The average Bonchev–Trinajstić information content (AvgIpc) is 2.61. The predicted molar refractivity (Wildman–Crippen MR) is 89.7 cm³/mol. The molecule has 25 heavy (non-hydrogen) atoms. The molecule has 0 radical (unpaired) electrons. The summed E-state index contributed by atoms with van der Waals surface area (Å²) in [6.45, 7) is 2.88. The van der Waals surface area contributed by atoms with Gasteiger partial charge in [-0.1, -0.05) is 6.07 Å². The van der Waals surface area contributed by atoms with Gasteiger partial charge in [-0.3, -0.25) is 24.1 Å². The van der Waals surface area contributed by atoms with Gasteiger partial charge in [0.1, 0.15) is 5.65 Å². The van der Waals surface area contributed by atoms with Crippen LogP contribution in [0.3, 0.4) is 0 Å². The smallest absolute Gasteiger partial charge is 0.376 e. The first kappa shape index (κ1) is 16.9. The van der Waals surface area contributed by atoms with E-state index in [1.165, 1.54) is 6.20 Å². The number of pyridine rings is 1. The highest BCUT2D eigenvalue weighted by Crippen LogP contribution is 2.28. The zero-order valence-electron chi connectivity index (χ0n) is 13.8. The summed E-state index contributed by atoms with van der Waals surface area (Å²) in [7, 11) is 0. The molecule has 9 nitrogen and oxygen atoms in total. The molecule has 0 unspecified atom stereocenters. The Balaban J connectivity index is 1.94. The van der Waals surface area contributed by atoms with Crippen molar-refractivity contribution in [3.63, 3.8) is 0 Å². The molecule has 1 aliphatic rings. The molecule has 1 aliphatic heterocycles. The van der Waals surface area contributed by atoms with Crippen LogP contribution < -0.4 is 10.5 Å². The second kappa shape index (κ2) is 6.88. The molecule has 1 saturated heterocycles. The topological polar surface area (TPSA) is 107 Å². The Morgan fingerprint density at radius 2 is 2.12 bits per heavy atom. The Hall–Kier alpha value is -2.97. The Labute approximate surface area is 143 Å². The van der Waals surface area contributed by atoms with Gasteiger partial charge in [0.2, 0.25) is 5.82 Å². The number of nitro groups is 1. The van der Waals surface area contributed by atoms with Crippen LogP contribution in [0.25, 0.3) is 5.65 Å². The summed E-state index contributed by atoms with van der Waals surface area (Å²) in [4.78, 5) is 41.1. The molecule has 2 aromatic rings. The first-order valence-electron chi connectivity index (χ1n) is 8.10. The molecule has 0 aromatic carbocycles. The molecule has 0 spiro atoms. The van der Waals surface area contributed by atoms with Gasteiger partial charge in [-0.2, -0.15) is 0 Å². The fraction of sp³-hybridized carbons (Fsp3) is 0.438. The van der Waals surface area contributed by atoms with Crippen LogP contribution in [0.2, 0.25) is 0 Å². The van der Waals surface area contributed by atoms with Crippen molar-refractivity contribution in [1.82, 2.24) is 9.38 Å². The van der Waals surface area contributed by atoms with Gasteiger partial charge in [0.25, 0.3) is 0 Å². The number of piperidine rings is 1. The van der Waals surface area contributed by atoms with Crippen LogP contribution in [0.15, 0.2) is 29.2 Å². The summed E-state index contributed by atoms with van der Waals surface area (Å²) >= 11 is 0. The molecule has 0 N–H and O–H groups in total. The summed E-state index contributed by atoms with van der Waals surface area (Å²) in [6.07, 6.45) is 2.46. The average molecular weight is 346 g/mol. The first-order valence-corrected chi connectivity index (χ1v) is 8.10. The van der Waals surface area contributed by atoms with Crippen molar-refractivity contribution in [3.05, 3.63) is 44.9 Å². The summed E-state index contributed by atoms with van der Waals surface area (Å²) in [5.41, 5.74) is -0.906. The zero-order chi connectivity index (χ0) is 18.0. The molecule has 132 valence electrons. The van der Waals surface area contributed by atoms with Crippen LogP contribution in [0, 0.1) is 16.0 Å². The summed E-state index contributed by atoms with van der Waals surface area (Å²) in [5.74, 6) is -0.413. The lowest BCUT2D eigenvalue weighted by molar-refractivity contribution is -0.385. The molecular weight excluding hydrogens is 328 g/mol. The maximum absolute atomic E-state index is 12.5. The van der Waals surface area contributed by atoms with Crippen LogP contribution >= 0.6 is 0 Å². The number of esters is 1. The van der Waals surface area contributed by atoms with Crippen molar-refractivity contribution in [2.45, 2.75) is 19.8 Å². The van der Waals surface area contributed by atoms with Gasteiger partial charge in [0.05, 0.1) is 17.4 Å². The van der Waals surface area contributed by atoms with Crippen molar-refractivity contribution in [2.75, 3.05) is 24.6 Å². The van der Waals surface area contributed by atoms with Crippen molar-refractivity contribution < 1.29 is 14.5 Å². The highest BCUT2D eigenvalue weighted by molar-refractivity contribution is 5.73. The largest absolute Gasteiger partial charge is 0.466 e. The van der Waals surface area contributed by atoms with E-state index in [0.29, 0.717) is 38.2 Å². The van der Waals surface area contributed by atoms with Gasteiger partial charge in [0.15, 0.2) is 0 Å². The molecule has 0 bridgehead atoms. The number of hydrogen-bond acceptors (Lipinski definition) is 7. The van der Waals surface area contributed by atoms with E-state index in [1.807, 2.05) is 0 Å². The van der Waals surface area contributed by atoms with Crippen LogP contribution in [-0.4, -0.2) is 40.0 Å². The van der Waals surface area contributed by atoms with Crippen molar-refractivity contribution in [3.8, 4) is 0 Å². The van der Waals surface area contributed by atoms with E-state index in [0.717, 1.165) is 4.40 Å². The molecule has 3 rings (SSSR count). The number of hydrogen-bond donors (Lipinski definition) is 0. The van der Waals surface area contributed by atoms with Gasteiger partial charge in [0, 0.05) is 19.3 Å². The summed E-state index contributed by atoms with van der Waals surface area (Å²) < 4.78 is 6.19. The summed E-state index contributed by atoms with van der Waals surface area (Å²) in [6, 6.07) is 4.95. The number of carbonyl (C=O) groups is 1. The minimum absolute atomic E-state index is 0.0588. The van der Waals surface area contributed by atoms with Crippen molar-refractivity contribution in [2.24, 2.45) is 5.92 Å². The Morgan fingerprint density at radius 3 is 2.76 bits per heavy atom. The molecule has 0 saturated carbocycles. The number of aromatic nitrogens is 2. The van der Waals surface area contributed by atoms with Gasteiger partial charge >= 0.3 is 17.2 Å². The predicted octanol–water partition coefficient (Wildman–Crippen LogP) is 1.38. The second-order valence-corrected chi connectivity index (χ2v) is 5.79. The minimum Gasteiger partial charge on any atom is -0.466 e. The Morgan fingerprint density at radius 1 is 1.40 bits per heavy atom. The fourth-order valence-electron chi connectivity index (χ4n) is 3.04. The van der Waals surface area contributed by atoms with E-state index in [4.69, 9.17) is 4.74 Å². The SMILES string of the molecule is CCOC(=O)C1CCN(c2nc3ccccn3c(=O)c2[N+](=O)[O-])CC1. The third kappa shape index (κ3) is 3.17.